The summed E-state index contributed by atoms with van der Waals surface area (Å²) in [5.41, 5.74) is 1.99. The molecule has 0 aliphatic carbocycles. The highest BCUT2D eigenvalue weighted by molar-refractivity contribution is 8.19. The van der Waals surface area contributed by atoms with Gasteiger partial charge in [-0.25, -0.2) is 0 Å². The SMILES string of the molecule is C=CCN1C(=O)/C(=C2\Sc3ccccc3N2CC)S/C1=N\S(=O)(=O)c1ccc(C)cc1. The topological polar surface area (TPSA) is 70.1 Å². The molecule has 2 aromatic carbocycles. The van der Waals surface area contributed by atoms with E-state index < -0.39 is 10.0 Å². The minimum Gasteiger partial charge on any atom is -0.334 e. The number of carbonyl (C=O) groups excluding carboxylic acids is 1. The quantitative estimate of drug-likeness (QED) is 0.469. The predicted molar refractivity (Wildman–Crippen MR) is 128 cm³/mol. The van der Waals surface area contributed by atoms with Crippen LogP contribution in [0.5, 0.6) is 0 Å². The van der Waals surface area contributed by atoms with Crippen molar-refractivity contribution in [2.24, 2.45) is 4.40 Å². The van der Waals surface area contributed by atoms with E-state index in [1.54, 1.807) is 18.2 Å². The molecule has 1 fully saturated rings. The number of nitrogens with zero attached hydrogens (tertiary/aromatic N) is 3. The molecule has 2 aliphatic heterocycles. The van der Waals surface area contributed by atoms with Gasteiger partial charge in [-0.3, -0.25) is 9.69 Å². The van der Waals surface area contributed by atoms with E-state index in [2.05, 4.69) is 15.9 Å². The van der Waals surface area contributed by atoms with Crippen molar-refractivity contribution in [3.05, 3.63) is 76.7 Å². The van der Waals surface area contributed by atoms with Gasteiger partial charge in [0, 0.05) is 18.0 Å². The molecule has 6 nitrogen and oxygen atoms in total. The molecule has 2 aromatic rings. The summed E-state index contributed by atoms with van der Waals surface area (Å²) >= 11 is 2.61. The normalized spacial score (nSPS) is 19.9. The van der Waals surface area contributed by atoms with Gasteiger partial charge in [0.2, 0.25) is 0 Å². The first-order valence-electron chi connectivity index (χ1n) is 9.66. The Kier molecular flexibility index (Phi) is 6.00. The molecule has 2 aliphatic rings. The van der Waals surface area contributed by atoms with Gasteiger partial charge in [0.05, 0.1) is 10.6 Å². The van der Waals surface area contributed by atoms with Gasteiger partial charge in [0.1, 0.15) is 9.93 Å². The average Bonchev–Trinajstić information content (AvgIpc) is 3.26. The lowest BCUT2D eigenvalue weighted by Gasteiger charge is -2.19. The lowest BCUT2D eigenvalue weighted by molar-refractivity contribution is -0.121. The number of fused-ring (bicyclic) bond motifs is 1. The van der Waals surface area contributed by atoms with E-state index >= 15 is 0 Å². The molecule has 4 rings (SSSR count). The van der Waals surface area contributed by atoms with E-state index in [4.69, 9.17) is 0 Å². The van der Waals surface area contributed by atoms with Crippen molar-refractivity contribution in [1.29, 1.82) is 0 Å². The summed E-state index contributed by atoms with van der Waals surface area (Å²) in [6.07, 6.45) is 1.56. The standard InChI is InChI=1S/C22H21N3O3S3/c1-4-14-25-20(26)19(21-24(5-2)17-8-6-7-9-18(17)29-21)30-22(25)23-31(27,28)16-12-10-15(3)11-13-16/h4,6-13H,1,5,14H2,2-3H3/b21-19+,23-22-. The van der Waals surface area contributed by atoms with Crippen LogP contribution in [-0.4, -0.2) is 37.5 Å². The second-order valence-electron chi connectivity index (χ2n) is 6.92. The molecular weight excluding hydrogens is 450 g/mol. The Morgan fingerprint density at radius 3 is 2.45 bits per heavy atom. The zero-order chi connectivity index (χ0) is 22.2. The number of anilines is 1. The van der Waals surface area contributed by atoms with Crippen LogP contribution in [0.1, 0.15) is 12.5 Å². The first-order valence-corrected chi connectivity index (χ1v) is 12.7. The van der Waals surface area contributed by atoms with Crippen LogP contribution in [0.25, 0.3) is 0 Å². The summed E-state index contributed by atoms with van der Waals surface area (Å²) in [6.45, 7) is 8.47. The van der Waals surface area contributed by atoms with Crippen LogP contribution in [0.4, 0.5) is 5.69 Å². The molecule has 1 amide bonds. The van der Waals surface area contributed by atoms with Gasteiger partial charge in [0.25, 0.3) is 15.9 Å². The van der Waals surface area contributed by atoms with Crippen LogP contribution in [0.3, 0.4) is 0 Å². The number of thioether (sulfide) groups is 2. The Morgan fingerprint density at radius 2 is 1.77 bits per heavy atom. The van der Waals surface area contributed by atoms with Gasteiger partial charge in [-0.1, -0.05) is 47.7 Å². The summed E-state index contributed by atoms with van der Waals surface area (Å²) in [5, 5.41) is 0.936. The molecule has 1 saturated heterocycles. The number of hydrogen-bond acceptors (Lipinski definition) is 6. The second-order valence-corrected chi connectivity index (χ2v) is 10.5. The number of amides is 1. The smallest absolute Gasteiger partial charge is 0.284 e. The fourth-order valence-corrected chi connectivity index (χ4v) is 6.86. The Hall–Kier alpha value is -2.49. The Labute approximate surface area is 190 Å². The molecule has 0 bridgehead atoms. The fraction of sp³-hybridized carbons (Fsp3) is 0.182. The van der Waals surface area contributed by atoms with Crippen molar-refractivity contribution < 1.29 is 13.2 Å². The van der Waals surface area contributed by atoms with Crippen molar-refractivity contribution in [3.8, 4) is 0 Å². The summed E-state index contributed by atoms with van der Waals surface area (Å²) in [7, 11) is -3.96. The monoisotopic (exact) mass is 471 g/mol. The number of sulfonamides is 1. The van der Waals surface area contributed by atoms with Crippen molar-refractivity contribution in [2.45, 2.75) is 23.6 Å². The van der Waals surface area contributed by atoms with Crippen molar-refractivity contribution in [2.75, 3.05) is 18.0 Å². The third kappa shape index (κ3) is 4.05. The lowest BCUT2D eigenvalue weighted by Crippen LogP contribution is -2.30. The molecule has 2 heterocycles. The highest BCUT2D eigenvalue weighted by Crippen LogP contribution is 2.50. The van der Waals surface area contributed by atoms with Gasteiger partial charge >= 0.3 is 0 Å². The van der Waals surface area contributed by atoms with E-state index in [1.807, 2.05) is 38.1 Å². The van der Waals surface area contributed by atoms with E-state index in [1.165, 1.54) is 28.8 Å². The molecule has 0 radical (unpaired) electrons. The Bertz CT molecular complexity index is 1220. The van der Waals surface area contributed by atoms with Crippen LogP contribution in [0, 0.1) is 6.92 Å². The van der Waals surface area contributed by atoms with Gasteiger partial charge in [-0.15, -0.1) is 11.0 Å². The lowest BCUT2D eigenvalue weighted by atomic mass is 10.2. The van der Waals surface area contributed by atoms with Crippen molar-refractivity contribution in [1.82, 2.24) is 4.90 Å². The molecule has 0 spiro atoms. The van der Waals surface area contributed by atoms with Gasteiger partial charge in [-0.2, -0.15) is 8.42 Å². The number of aryl methyl sites for hydroxylation is 1. The maximum Gasteiger partial charge on any atom is 0.284 e. The number of benzene rings is 2. The first kappa shape index (κ1) is 21.7. The second kappa shape index (κ2) is 8.57. The molecule has 9 heteroatoms. The minimum atomic E-state index is -3.96. The molecule has 0 atom stereocenters. The van der Waals surface area contributed by atoms with E-state index in [-0.39, 0.29) is 22.5 Å². The van der Waals surface area contributed by atoms with Crippen LogP contribution in [0.2, 0.25) is 0 Å². The van der Waals surface area contributed by atoms with E-state index in [0.717, 1.165) is 32.9 Å². The zero-order valence-electron chi connectivity index (χ0n) is 17.1. The molecular formula is C22H21N3O3S3. The van der Waals surface area contributed by atoms with Gasteiger partial charge in [-0.05, 0) is 49.9 Å². The summed E-state index contributed by atoms with van der Waals surface area (Å²) < 4.78 is 29.8. The molecule has 0 unspecified atom stereocenters. The van der Waals surface area contributed by atoms with E-state index in [9.17, 15) is 13.2 Å². The minimum absolute atomic E-state index is 0.0936. The maximum atomic E-state index is 13.3. The number of rotatable bonds is 5. The number of para-hydroxylation sites is 1. The van der Waals surface area contributed by atoms with Crippen LogP contribution in [-0.2, 0) is 14.8 Å². The number of amidine groups is 1. The first-order chi connectivity index (χ1) is 14.9. The van der Waals surface area contributed by atoms with Gasteiger partial charge < -0.3 is 4.90 Å². The number of hydrogen-bond donors (Lipinski definition) is 0. The molecule has 160 valence electrons. The van der Waals surface area contributed by atoms with Crippen LogP contribution < -0.4 is 4.90 Å². The highest BCUT2D eigenvalue weighted by Gasteiger charge is 2.40. The Morgan fingerprint density at radius 1 is 1.06 bits per heavy atom. The predicted octanol–water partition coefficient (Wildman–Crippen LogP) is 4.60. The molecule has 0 saturated carbocycles. The average molecular weight is 472 g/mol. The Balaban J connectivity index is 1.77. The third-order valence-corrected chi connectivity index (χ3v) is 8.59. The van der Waals surface area contributed by atoms with Crippen molar-refractivity contribution >= 4 is 50.3 Å². The molecule has 31 heavy (non-hydrogen) atoms. The third-order valence-electron chi connectivity index (χ3n) is 4.81. The molecule has 0 N–H and O–H groups in total. The summed E-state index contributed by atoms with van der Waals surface area (Å²) in [6, 6.07) is 14.4. The zero-order valence-corrected chi connectivity index (χ0v) is 19.6. The van der Waals surface area contributed by atoms with Gasteiger partial charge in [0.15, 0.2) is 5.17 Å². The highest BCUT2D eigenvalue weighted by atomic mass is 32.2. The fourth-order valence-electron chi connectivity index (χ4n) is 3.28. The van der Waals surface area contributed by atoms with Crippen LogP contribution >= 0.6 is 23.5 Å². The summed E-state index contributed by atoms with van der Waals surface area (Å²) in [5.74, 6) is -0.267. The van der Waals surface area contributed by atoms with E-state index in [0.29, 0.717) is 11.4 Å². The van der Waals surface area contributed by atoms with Crippen LogP contribution in [0.15, 0.2) is 85.3 Å². The largest absolute Gasteiger partial charge is 0.334 e. The number of carbonyl (C=O) groups is 1. The van der Waals surface area contributed by atoms with Crippen molar-refractivity contribution in [3.63, 3.8) is 0 Å². The summed E-state index contributed by atoms with van der Waals surface area (Å²) in [4.78, 5) is 18.3. The molecule has 0 aromatic heterocycles. The maximum absolute atomic E-state index is 13.3.